The van der Waals surface area contributed by atoms with Crippen molar-refractivity contribution in [2.45, 2.75) is 40.4 Å². The molecule has 6 nitrogen and oxygen atoms in total. The zero-order valence-electron chi connectivity index (χ0n) is 14.0. The molecule has 2 heterocycles. The Labute approximate surface area is 158 Å². The molecule has 0 unspecified atom stereocenters. The predicted octanol–water partition coefficient (Wildman–Crippen LogP) is 2.79. The molecule has 0 aliphatic rings. The van der Waals surface area contributed by atoms with Crippen molar-refractivity contribution in [3.05, 3.63) is 34.3 Å². The third-order valence-electron chi connectivity index (χ3n) is 3.08. The second-order valence-corrected chi connectivity index (χ2v) is 6.85. The molecule has 0 bridgehead atoms. The zero-order chi connectivity index (χ0) is 15.9. The van der Waals surface area contributed by atoms with Crippen LogP contribution in [0.3, 0.4) is 0 Å². The van der Waals surface area contributed by atoms with Crippen LogP contribution < -0.4 is 10.6 Å². The first-order chi connectivity index (χ1) is 10.6. The summed E-state index contributed by atoms with van der Waals surface area (Å²) in [4.78, 5) is 14.2. The van der Waals surface area contributed by atoms with Crippen molar-refractivity contribution in [1.82, 2.24) is 25.2 Å². The molecule has 0 saturated heterocycles. The molecule has 0 aliphatic heterocycles. The van der Waals surface area contributed by atoms with Crippen molar-refractivity contribution >= 4 is 41.3 Å². The van der Waals surface area contributed by atoms with Gasteiger partial charge in [-0.3, -0.25) is 4.99 Å². The molecule has 8 heteroatoms. The molecule has 0 fully saturated rings. The average molecular weight is 448 g/mol. The quantitative estimate of drug-likeness (QED) is 0.405. The molecule has 0 amide bonds. The molecule has 2 aromatic heterocycles. The number of halogens is 1. The van der Waals surface area contributed by atoms with Crippen LogP contribution >= 0.6 is 35.3 Å². The van der Waals surface area contributed by atoms with Crippen molar-refractivity contribution in [2.75, 3.05) is 7.05 Å². The molecule has 0 aromatic carbocycles. The van der Waals surface area contributed by atoms with Crippen LogP contribution in [0.4, 0.5) is 0 Å². The predicted molar refractivity (Wildman–Crippen MR) is 106 cm³/mol. The Morgan fingerprint density at radius 2 is 2.04 bits per heavy atom. The lowest BCUT2D eigenvalue weighted by Gasteiger charge is -2.13. The van der Waals surface area contributed by atoms with Crippen molar-refractivity contribution in [2.24, 2.45) is 10.9 Å². The van der Waals surface area contributed by atoms with Crippen LogP contribution in [-0.4, -0.2) is 27.5 Å². The van der Waals surface area contributed by atoms with E-state index in [1.807, 2.05) is 18.6 Å². The molecule has 128 valence electrons. The number of rotatable bonds is 6. The topological polar surface area (TPSA) is 67.1 Å². The van der Waals surface area contributed by atoms with Crippen molar-refractivity contribution in [3.8, 4) is 0 Å². The third kappa shape index (κ3) is 6.46. The summed E-state index contributed by atoms with van der Waals surface area (Å²) in [7, 11) is 1.77. The average Bonchev–Trinajstić information content (AvgIpc) is 3.08. The van der Waals surface area contributed by atoms with Gasteiger partial charge in [0, 0.05) is 37.1 Å². The lowest BCUT2D eigenvalue weighted by molar-refractivity contribution is 0.503. The van der Waals surface area contributed by atoms with Crippen LogP contribution in [0.5, 0.6) is 0 Å². The van der Waals surface area contributed by atoms with Gasteiger partial charge in [-0.1, -0.05) is 13.8 Å². The monoisotopic (exact) mass is 448 g/mol. The fourth-order valence-electron chi connectivity index (χ4n) is 2.09. The Hall–Kier alpha value is -1.16. The van der Waals surface area contributed by atoms with Gasteiger partial charge in [-0.2, -0.15) is 0 Å². The van der Waals surface area contributed by atoms with Crippen LogP contribution in [0, 0.1) is 12.8 Å². The van der Waals surface area contributed by atoms with Gasteiger partial charge in [0.15, 0.2) is 5.96 Å². The van der Waals surface area contributed by atoms with E-state index in [1.54, 1.807) is 18.4 Å². The van der Waals surface area contributed by atoms with Gasteiger partial charge in [-0.25, -0.2) is 9.97 Å². The van der Waals surface area contributed by atoms with E-state index in [0.717, 1.165) is 23.3 Å². The van der Waals surface area contributed by atoms with Crippen LogP contribution in [0.15, 0.2) is 23.6 Å². The number of nitrogens with zero attached hydrogens (tertiary/aromatic N) is 4. The summed E-state index contributed by atoms with van der Waals surface area (Å²) in [5.41, 5.74) is 0. The van der Waals surface area contributed by atoms with Gasteiger partial charge in [-0.15, -0.1) is 35.3 Å². The first-order valence-electron chi connectivity index (χ1n) is 7.44. The highest BCUT2D eigenvalue weighted by Gasteiger charge is 2.06. The smallest absolute Gasteiger partial charge is 0.191 e. The Kier molecular flexibility index (Phi) is 8.53. The largest absolute Gasteiger partial charge is 0.350 e. The minimum atomic E-state index is 0. The number of aliphatic imine (C=N–C) groups is 1. The van der Waals surface area contributed by atoms with Crippen molar-refractivity contribution in [3.63, 3.8) is 0 Å². The van der Waals surface area contributed by atoms with Crippen LogP contribution in [0.2, 0.25) is 0 Å². The summed E-state index contributed by atoms with van der Waals surface area (Å²) < 4.78 is 2.18. The van der Waals surface area contributed by atoms with Gasteiger partial charge in [0.2, 0.25) is 0 Å². The highest BCUT2D eigenvalue weighted by atomic mass is 127. The molecular formula is C15H25IN6S. The van der Waals surface area contributed by atoms with E-state index in [9.17, 15) is 0 Å². The second-order valence-electron chi connectivity index (χ2n) is 5.53. The number of guanidine groups is 1. The summed E-state index contributed by atoms with van der Waals surface area (Å²) in [5.74, 6) is 2.37. The molecule has 0 atom stereocenters. The minimum absolute atomic E-state index is 0. The van der Waals surface area contributed by atoms with E-state index >= 15 is 0 Å². The van der Waals surface area contributed by atoms with E-state index in [1.165, 1.54) is 4.88 Å². The maximum atomic E-state index is 4.40. The Bertz CT molecular complexity index is 619. The summed E-state index contributed by atoms with van der Waals surface area (Å²) in [6, 6.07) is 0. The maximum Gasteiger partial charge on any atom is 0.191 e. The van der Waals surface area contributed by atoms with Gasteiger partial charge < -0.3 is 15.2 Å². The maximum absolute atomic E-state index is 4.40. The van der Waals surface area contributed by atoms with Crippen LogP contribution in [0.1, 0.15) is 29.6 Å². The highest BCUT2D eigenvalue weighted by Crippen LogP contribution is 2.10. The van der Waals surface area contributed by atoms with E-state index in [2.05, 4.69) is 50.9 Å². The van der Waals surface area contributed by atoms with Gasteiger partial charge in [-0.05, 0) is 12.8 Å². The SMILES string of the molecule is CN=C(NCc1ncc(C)s1)NCc1nccn1CC(C)C.I. The van der Waals surface area contributed by atoms with E-state index in [-0.39, 0.29) is 24.0 Å². The number of hydrogen-bond acceptors (Lipinski definition) is 4. The normalized spacial score (nSPS) is 11.4. The van der Waals surface area contributed by atoms with Gasteiger partial charge >= 0.3 is 0 Å². The molecule has 2 aromatic rings. The lowest BCUT2D eigenvalue weighted by atomic mass is 10.2. The van der Waals surface area contributed by atoms with Crippen molar-refractivity contribution < 1.29 is 0 Å². The molecule has 0 radical (unpaired) electrons. The van der Waals surface area contributed by atoms with E-state index in [4.69, 9.17) is 0 Å². The summed E-state index contributed by atoms with van der Waals surface area (Å²) >= 11 is 1.69. The highest BCUT2D eigenvalue weighted by molar-refractivity contribution is 14.0. The fourth-order valence-corrected chi connectivity index (χ4v) is 2.82. The number of aromatic nitrogens is 3. The van der Waals surface area contributed by atoms with Gasteiger partial charge in [0.05, 0.1) is 13.1 Å². The van der Waals surface area contributed by atoms with Crippen LogP contribution in [-0.2, 0) is 19.6 Å². The third-order valence-corrected chi connectivity index (χ3v) is 3.99. The van der Waals surface area contributed by atoms with Gasteiger partial charge in [0.1, 0.15) is 10.8 Å². The zero-order valence-corrected chi connectivity index (χ0v) is 17.2. The van der Waals surface area contributed by atoms with Gasteiger partial charge in [0.25, 0.3) is 0 Å². The second kappa shape index (κ2) is 9.86. The minimum Gasteiger partial charge on any atom is -0.350 e. The standard InChI is InChI=1S/C15H24N6S.HI/c1-11(2)10-21-6-5-17-13(21)8-19-15(16-4)20-9-14-18-7-12(3)22-14;/h5-7,11H,8-10H2,1-4H3,(H2,16,19,20);1H. The fraction of sp³-hybridized carbons (Fsp3) is 0.533. The number of aryl methyl sites for hydroxylation is 1. The van der Waals surface area contributed by atoms with E-state index < -0.39 is 0 Å². The molecule has 23 heavy (non-hydrogen) atoms. The summed E-state index contributed by atoms with van der Waals surface area (Å²) in [6.07, 6.45) is 5.75. The van der Waals surface area contributed by atoms with E-state index in [0.29, 0.717) is 19.0 Å². The Balaban J connectivity index is 0.00000264. The Morgan fingerprint density at radius 3 is 2.65 bits per heavy atom. The Morgan fingerprint density at radius 1 is 1.30 bits per heavy atom. The number of nitrogens with one attached hydrogen (secondary N) is 2. The number of hydrogen-bond donors (Lipinski definition) is 2. The summed E-state index contributed by atoms with van der Waals surface area (Å²) in [6.45, 7) is 8.76. The molecule has 2 N–H and O–H groups in total. The molecule has 0 aliphatic carbocycles. The number of thiazole rings is 1. The molecule has 2 rings (SSSR count). The summed E-state index contributed by atoms with van der Waals surface area (Å²) in [5, 5.41) is 7.62. The molecule has 0 saturated carbocycles. The molecular weight excluding hydrogens is 423 g/mol. The molecule has 0 spiro atoms. The lowest BCUT2D eigenvalue weighted by Crippen LogP contribution is -2.37. The first kappa shape index (κ1) is 19.9. The first-order valence-corrected chi connectivity index (χ1v) is 8.26. The number of imidazole rings is 1. The van der Waals surface area contributed by atoms with Crippen LogP contribution in [0.25, 0.3) is 0 Å². The van der Waals surface area contributed by atoms with Crippen molar-refractivity contribution in [1.29, 1.82) is 0 Å².